The Morgan fingerprint density at radius 1 is 0.714 bits per heavy atom. The molecular formula is C12H22N2. The Balaban J connectivity index is 1.68. The van der Waals surface area contributed by atoms with Gasteiger partial charge in [-0.3, -0.25) is 0 Å². The molecule has 2 N–H and O–H groups in total. The summed E-state index contributed by atoms with van der Waals surface area (Å²) in [6.07, 6.45) is 8.68. The first-order valence-electron chi connectivity index (χ1n) is 6.40. The first-order valence-corrected chi connectivity index (χ1v) is 6.40. The van der Waals surface area contributed by atoms with E-state index in [4.69, 9.17) is 0 Å². The van der Waals surface area contributed by atoms with Crippen molar-refractivity contribution in [1.82, 2.24) is 10.6 Å². The normalized spacial score (nSPS) is 48.0. The maximum absolute atomic E-state index is 3.71. The Morgan fingerprint density at radius 3 is 1.86 bits per heavy atom. The summed E-state index contributed by atoms with van der Waals surface area (Å²) in [4.78, 5) is 0. The third-order valence-corrected chi connectivity index (χ3v) is 4.57. The fourth-order valence-corrected chi connectivity index (χ4v) is 3.82. The summed E-state index contributed by atoms with van der Waals surface area (Å²) in [5.41, 5.74) is 0. The van der Waals surface area contributed by atoms with Crippen molar-refractivity contribution in [3.8, 4) is 0 Å². The summed E-state index contributed by atoms with van der Waals surface area (Å²) in [6, 6.07) is 1.69. The van der Waals surface area contributed by atoms with Gasteiger partial charge < -0.3 is 10.6 Å². The van der Waals surface area contributed by atoms with Crippen LogP contribution in [-0.4, -0.2) is 25.2 Å². The number of fused-ring (bicyclic) bond motifs is 2. The summed E-state index contributed by atoms with van der Waals surface area (Å²) in [5, 5.41) is 7.43. The zero-order chi connectivity index (χ0) is 9.38. The molecule has 80 valence electrons. The molecule has 4 atom stereocenters. The maximum Gasteiger partial charge on any atom is 0.0110 e. The van der Waals surface area contributed by atoms with Crippen LogP contribution in [0.1, 0.15) is 38.5 Å². The first-order chi connectivity index (χ1) is 6.93. The highest BCUT2D eigenvalue weighted by Crippen LogP contribution is 2.37. The average molecular weight is 194 g/mol. The molecule has 0 spiro atoms. The highest BCUT2D eigenvalue weighted by atomic mass is 15.0. The topological polar surface area (TPSA) is 24.1 Å². The van der Waals surface area contributed by atoms with Crippen LogP contribution in [0.25, 0.3) is 0 Å². The largest absolute Gasteiger partial charge is 0.314 e. The van der Waals surface area contributed by atoms with E-state index in [1.165, 1.54) is 51.6 Å². The molecule has 3 aliphatic rings. The van der Waals surface area contributed by atoms with Crippen molar-refractivity contribution in [3.63, 3.8) is 0 Å². The van der Waals surface area contributed by atoms with Crippen molar-refractivity contribution in [2.24, 2.45) is 11.8 Å². The van der Waals surface area contributed by atoms with E-state index >= 15 is 0 Å². The smallest absolute Gasteiger partial charge is 0.0110 e. The molecule has 0 bridgehead atoms. The molecule has 2 aliphatic heterocycles. The Kier molecular flexibility index (Phi) is 2.50. The van der Waals surface area contributed by atoms with Gasteiger partial charge >= 0.3 is 0 Å². The molecule has 2 heteroatoms. The molecule has 14 heavy (non-hydrogen) atoms. The molecule has 2 saturated heterocycles. The molecule has 4 unspecified atom stereocenters. The second-order valence-electron chi connectivity index (χ2n) is 5.40. The van der Waals surface area contributed by atoms with Crippen molar-refractivity contribution in [1.29, 1.82) is 0 Å². The van der Waals surface area contributed by atoms with Gasteiger partial charge in [-0.2, -0.15) is 0 Å². The van der Waals surface area contributed by atoms with Crippen LogP contribution >= 0.6 is 0 Å². The predicted octanol–water partition coefficient (Wildman–Crippen LogP) is 1.52. The highest BCUT2D eigenvalue weighted by molar-refractivity contribution is 4.96. The van der Waals surface area contributed by atoms with E-state index in [0.29, 0.717) is 0 Å². The maximum atomic E-state index is 3.71. The van der Waals surface area contributed by atoms with E-state index in [0.717, 1.165) is 23.9 Å². The van der Waals surface area contributed by atoms with Crippen molar-refractivity contribution < 1.29 is 0 Å². The van der Waals surface area contributed by atoms with Gasteiger partial charge in [-0.1, -0.05) is 0 Å². The lowest BCUT2D eigenvalue weighted by atomic mass is 9.69. The fourth-order valence-electron chi connectivity index (χ4n) is 3.82. The molecule has 1 aliphatic carbocycles. The van der Waals surface area contributed by atoms with Crippen molar-refractivity contribution in [2.45, 2.75) is 50.6 Å². The molecule has 3 fully saturated rings. The summed E-state index contributed by atoms with van der Waals surface area (Å²) >= 11 is 0. The molecule has 2 nitrogen and oxygen atoms in total. The van der Waals surface area contributed by atoms with Crippen molar-refractivity contribution in [3.05, 3.63) is 0 Å². The minimum absolute atomic E-state index is 0.843. The van der Waals surface area contributed by atoms with E-state index in [1.54, 1.807) is 0 Å². The molecular weight excluding hydrogens is 172 g/mol. The molecule has 2 heterocycles. The first kappa shape index (κ1) is 9.17. The van der Waals surface area contributed by atoms with Crippen LogP contribution in [0.4, 0.5) is 0 Å². The van der Waals surface area contributed by atoms with Gasteiger partial charge in [0, 0.05) is 12.1 Å². The average Bonchev–Trinajstić information content (AvgIpc) is 2.26. The second kappa shape index (κ2) is 3.82. The molecule has 0 aromatic rings. The van der Waals surface area contributed by atoms with Gasteiger partial charge in [0.2, 0.25) is 0 Å². The molecule has 0 aromatic heterocycles. The van der Waals surface area contributed by atoms with Gasteiger partial charge in [-0.25, -0.2) is 0 Å². The lowest BCUT2D eigenvalue weighted by Crippen LogP contribution is -2.54. The van der Waals surface area contributed by atoms with Crippen molar-refractivity contribution >= 4 is 0 Å². The van der Waals surface area contributed by atoms with Crippen LogP contribution in [0.2, 0.25) is 0 Å². The second-order valence-corrected chi connectivity index (χ2v) is 5.40. The third-order valence-electron chi connectivity index (χ3n) is 4.57. The lowest BCUT2D eigenvalue weighted by molar-refractivity contribution is 0.106. The molecule has 3 rings (SSSR count). The quantitative estimate of drug-likeness (QED) is 0.611. The van der Waals surface area contributed by atoms with Crippen LogP contribution in [0.3, 0.4) is 0 Å². The number of hydrogen-bond acceptors (Lipinski definition) is 2. The van der Waals surface area contributed by atoms with E-state index < -0.39 is 0 Å². The van der Waals surface area contributed by atoms with Gasteiger partial charge in [0.15, 0.2) is 0 Å². The summed E-state index contributed by atoms with van der Waals surface area (Å²) < 4.78 is 0. The predicted molar refractivity (Wildman–Crippen MR) is 58.3 cm³/mol. The van der Waals surface area contributed by atoms with E-state index in [-0.39, 0.29) is 0 Å². The number of hydrogen-bond donors (Lipinski definition) is 2. The molecule has 0 amide bonds. The van der Waals surface area contributed by atoms with Crippen LogP contribution < -0.4 is 10.6 Å². The van der Waals surface area contributed by atoms with E-state index in [9.17, 15) is 0 Å². The van der Waals surface area contributed by atoms with Gasteiger partial charge in [0.1, 0.15) is 0 Å². The van der Waals surface area contributed by atoms with Gasteiger partial charge in [-0.05, 0) is 63.5 Å². The Hall–Kier alpha value is -0.0800. The van der Waals surface area contributed by atoms with Crippen LogP contribution in [0, 0.1) is 11.8 Å². The monoisotopic (exact) mass is 194 g/mol. The van der Waals surface area contributed by atoms with Crippen LogP contribution in [0.15, 0.2) is 0 Å². The summed E-state index contributed by atoms with van der Waals surface area (Å²) in [6.45, 7) is 2.52. The number of nitrogens with one attached hydrogen (secondary N) is 2. The van der Waals surface area contributed by atoms with Crippen LogP contribution in [-0.2, 0) is 0 Å². The minimum Gasteiger partial charge on any atom is -0.314 e. The molecule has 1 saturated carbocycles. The Morgan fingerprint density at radius 2 is 1.29 bits per heavy atom. The Labute approximate surface area is 86.8 Å². The third kappa shape index (κ3) is 1.59. The highest BCUT2D eigenvalue weighted by Gasteiger charge is 2.38. The molecule has 0 radical (unpaired) electrons. The lowest BCUT2D eigenvalue weighted by Gasteiger charge is -2.46. The van der Waals surface area contributed by atoms with Gasteiger partial charge in [-0.15, -0.1) is 0 Å². The SMILES string of the molecule is C1CNC2CC3NCCCC3CC2C1. The number of piperidine rings is 2. The minimum atomic E-state index is 0.843. The van der Waals surface area contributed by atoms with Crippen LogP contribution in [0.5, 0.6) is 0 Å². The fraction of sp³-hybridized carbons (Fsp3) is 1.00. The van der Waals surface area contributed by atoms with Gasteiger partial charge in [0.05, 0.1) is 0 Å². The molecule has 0 aromatic carbocycles. The standard InChI is InChI=1S/C12H22N2/c1-3-9-7-10-4-2-6-14-12(10)8-11(9)13-5-1/h9-14H,1-8H2. The van der Waals surface area contributed by atoms with E-state index in [1.807, 2.05) is 0 Å². The number of rotatable bonds is 0. The Bertz CT molecular complexity index is 162. The van der Waals surface area contributed by atoms with Crippen molar-refractivity contribution in [2.75, 3.05) is 13.1 Å². The van der Waals surface area contributed by atoms with Gasteiger partial charge in [0.25, 0.3) is 0 Å². The zero-order valence-corrected chi connectivity index (χ0v) is 8.97. The van der Waals surface area contributed by atoms with E-state index in [2.05, 4.69) is 10.6 Å². The summed E-state index contributed by atoms with van der Waals surface area (Å²) in [7, 11) is 0. The summed E-state index contributed by atoms with van der Waals surface area (Å²) in [5.74, 6) is 2.01. The zero-order valence-electron chi connectivity index (χ0n) is 8.97.